The van der Waals surface area contributed by atoms with Crippen molar-refractivity contribution in [2.45, 2.75) is 26.9 Å². The minimum Gasteiger partial charge on any atom is -0.362 e. The van der Waals surface area contributed by atoms with E-state index in [1.807, 2.05) is 13.8 Å². The number of aromatic nitrogens is 4. The van der Waals surface area contributed by atoms with Crippen LogP contribution in [0.4, 0.5) is 14.6 Å². The SMILES string of the molecule is Cc1sc2ncnc(NCc3nccn3C(F)F)c2c1C. The quantitative estimate of drug-likeness (QED) is 0.801. The molecule has 5 nitrogen and oxygen atoms in total. The van der Waals surface area contributed by atoms with Crippen molar-refractivity contribution in [1.82, 2.24) is 19.5 Å². The van der Waals surface area contributed by atoms with Gasteiger partial charge in [0.2, 0.25) is 0 Å². The molecule has 0 aliphatic heterocycles. The molecule has 1 N–H and O–H groups in total. The maximum absolute atomic E-state index is 12.8. The molecular weight excluding hydrogens is 296 g/mol. The fourth-order valence-electron chi connectivity index (χ4n) is 2.14. The second kappa shape index (κ2) is 5.36. The Kier molecular flexibility index (Phi) is 3.54. The van der Waals surface area contributed by atoms with Crippen LogP contribution in [0.2, 0.25) is 0 Å². The van der Waals surface area contributed by atoms with Crippen LogP contribution in [0.1, 0.15) is 22.8 Å². The Morgan fingerprint density at radius 2 is 2.10 bits per heavy atom. The van der Waals surface area contributed by atoms with Gasteiger partial charge in [-0.05, 0) is 19.4 Å². The normalized spacial score (nSPS) is 11.5. The van der Waals surface area contributed by atoms with Gasteiger partial charge in [0.05, 0.1) is 11.9 Å². The second-order valence-electron chi connectivity index (χ2n) is 4.57. The third kappa shape index (κ3) is 2.46. The van der Waals surface area contributed by atoms with Gasteiger partial charge >= 0.3 is 6.55 Å². The first-order chi connectivity index (χ1) is 10.1. The zero-order valence-electron chi connectivity index (χ0n) is 11.5. The van der Waals surface area contributed by atoms with E-state index in [9.17, 15) is 8.78 Å². The maximum atomic E-state index is 12.8. The molecule has 0 aromatic carbocycles. The summed E-state index contributed by atoms with van der Waals surface area (Å²) in [7, 11) is 0. The summed E-state index contributed by atoms with van der Waals surface area (Å²) in [6, 6.07) is 0. The highest BCUT2D eigenvalue weighted by molar-refractivity contribution is 7.18. The summed E-state index contributed by atoms with van der Waals surface area (Å²) >= 11 is 1.59. The summed E-state index contributed by atoms with van der Waals surface area (Å²) in [6.07, 6.45) is 4.09. The first-order valence-corrected chi connectivity index (χ1v) is 7.14. The smallest absolute Gasteiger partial charge is 0.319 e. The van der Waals surface area contributed by atoms with Crippen LogP contribution in [0.3, 0.4) is 0 Å². The molecule has 0 amide bonds. The molecular formula is C13H13F2N5S. The average Bonchev–Trinajstić information content (AvgIpc) is 3.03. The van der Waals surface area contributed by atoms with Gasteiger partial charge in [-0.25, -0.2) is 15.0 Å². The van der Waals surface area contributed by atoms with Gasteiger partial charge in [0.15, 0.2) is 0 Å². The molecule has 3 aromatic heterocycles. The number of anilines is 1. The molecule has 0 aliphatic carbocycles. The van der Waals surface area contributed by atoms with Crippen LogP contribution in [0, 0.1) is 13.8 Å². The Balaban J connectivity index is 1.90. The standard InChI is InChI=1S/C13H13F2N5S/c1-7-8(2)21-12-10(7)11(18-6-19-12)17-5-9-16-3-4-20(9)13(14)15/h3-4,6,13H,5H2,1-2H3,(H,17,18,19). The van der Waals surface area contributed by atoms with Crippen LogP contribution in [-0.4, -0.2) is 19.5 Å². The van der Waals surface area contributed by atoms with Gasteiger partial charge in [-0.3, -0.25) is 4.57 Å². The van der Waals surface area contributed by atoms with E-state index in [0.717, 1.165) is 20.3 Å². The minimum absolute atomic E-state index is 0.178. The molecule has 0 atom stereocenters. The summed E-state index contributed by atoms with van der Waals surface area (Å²) in [6.45, 7) is 1.61. The van der Waals surface area contributed by atoms with Gasteiger partial charge in [-0.1, -0.05) is 0 Å². The number of imidazole rings is 1. The zero-order chi connectivity index (χ0) is 15.0. The monoisotopic (exact) mass is 309 g/mol. The van der Waals surface area contributed by atoms with E-state index >= 15 is 0 Å². The van der Waals surface area contributed by atoms with Crippen molar-refractivity contribution in [1.29, 1.82) is 0 Å². The lowest BCUT2D eigenvalue weighted by atomic mass is 10.2. The molecule has 0 spiro atoms. The predicted octanol–water partition coefficient (Wildman–Crippen LogP) is 3.51. The number of hydrogen-bond donors (Lipinski definition) is 1. The highest BCUT2D eigenvalue weighted by Gasteiger charge is 2.14. The number of nitrogens with zero attached hydrogens (tertiary/aromatic N) is 4. The van der Waals surface area contributed by atoms with E-state index in [1.54, 1.807) is 11.3 Å². The first-order valence-electron chi connectivity index (χ1n) is 6.32. The molecule has 8 heteroatoms. The van der Waals surface area contributed by atoms with Crippen LogP contribution in [0.25, 0.3) is 10.2 Å². The van der Waals surface area contributed by atoms with E-state index in [4.69, 9.17) is 0 Å². The van der Waals surface area contributed by atoms with Crippen molar-refractivity contribution in [2.24, 2.45) is 0 Å². The summed E-state index contributed by atoms with van der Waals surface area (Å²) in [5.74, 6) is 0.909. The topological polar surface area (TPSA) is 55.6 Å². The Bertz CT molecular complexity index is 780. The molecule has 0 saturated carbocycles. The number of alkyl halides is 2. The molecule has 21 heavy (non-hydrogen) atoms. The Morgan fingerprint density at radius 1 is 1.29 bits per heavy atom. The number of nitrogens with one attached hydrogen (secondary N) is 1. The van der Waals surface area contributed by atoms with Crippen molar-refractivity contribution < 1.29 is 8.78 Å². The molecule has 110 valence electrons. The Morgan fingerprint density at radius 3 is 2.86 bits per heavy atom. The number of hydrogen-bond acceptors (Lipinski definition) is 5. The molecule has 3 aromatic rings. The molecule has 0 bridgehead atoms. The van der Waals surface area contributed by atoms with Crippen LogP contribution in [0.15, 0.2) is 18.7 Å². The van der Waals surface area contributed by atoms with E-state index < -0.39 is 6.55 Å². The van der Waals surface area contributed by atoms with E-state index in [0.29, 0.717) is 5.82 Å². The Labute approximate surface area is 123 Å². The number of fused-ring (bicyclic) bond motifs is 1. The molecule has 0 fully saturated rings. The highest BCUT2D eigenvalue weighted by atomic mass is 32.1. The molecule has 3 heterocycles. The number of halogens is 2. The summed E-state index contributed by atoms with van der Waals surface area (Å²) < 4.78 is 26.4. The van der Waals surface area contributed by atoms with Gasteiger partial charge in [0, 0.05) is 17.3 Å². The molecule has 0 saturated heterocycles. The van der Waals surface area contributed by atoms with Crippen LogP contribution < -0.4 is 5.32 Å². The molecule has 0 radical (unpaired) electrons. The molecule has 0 aliphatic rings. The van der Waals surface area contributed by atoms with Gasteiger partial charge < -0.3 is 5.32 Å². The fraction of sp³-hybridized carbons (Fsp3) is 0.308. The third-order valence-corrected chi connectivity index (χ3v) is 4.45. The third-order valence-electron chi connectivity index (χ3n) is 3.34. The molecule has 0 unspecified atom stereocenters. The van der Waals surface area contributed by atoms with Crippen LogP contribution in [0.5, 0.6) is 0 Å². The van der Waals surface area contributed by atoms with Crippen molar-refractivity contribution in [3.8, 4) is 0 Å². The second-order valence-corrected chi connectivity index (χ2v) is 5.77. The number of thiophene rings is 1. The van der Waals surface area contributed by atoms with Crippen LogP contribution >= 0.6 is 11.3 Å². The van der Waals surface area contributed by atoms with Gasteiger partial charge in [0.1, 0.15) is 22.8 Å². The summed E-state index contributed by atoms with van der Waals surface area (Å²) in [5.41, 5.74) is 1.11. The largest absolute Gasteiger partial charge is 0.362 e. The number of rotatable bonds is 4. The lowest BCUT2D eigenvalue weighted by Gasteiger charge is -2.09. The van der Waals surface area contributed by atoms with E-state index in [-0.39, 0.29) is 12.4 Å². The average molecular weight is 309 g/mol. The van der Waals surface area contributed by atoms with Gasteiger partial charge in [-0.2, -0.15) is 8.78 Å². The minimum atomic E-state index is -2.60. The lowest BCUT2D eigenvalue weighted by Crippen LogP contribution is -2.10. The van der Waals surface area contributed by atoms with Crippen molar-refractivity contribution >= 4 is 27.4 Å². The summed E-state index contributed by atoms with van der Waals surface area (Å²) in [4.78, 5) is 14.5. The predicted molar refractivity (Wildman–Crippen MR) is 77.7 cm³/mol. The van der Waals surface area contributed by atoms with Crippen molar-refractivity contribution in [2.75, 3.05) is 5.32 Å². The van der Waals surface area contributed by atoms with Gasteiger partial charge in [-0.15, -0.1) is 11.3 Å². The van der Waals surface area contributed by atoms with Crippen molar-refractivity contribution in [3.63, 3.8) is 0 Å². The maximum Gasteiger partial charge on any atom is 0.319 e. The first kappa shape index (κ1) is 13.9. The highest BCUT2D eigenvalue weighted by Crippen LogP contribution is 2.32. The van der Waals surface area contributed by atoms with Gasteiger partial charge in [0.25, 0.3) is 0 Å². The number of aryl methyl sites for hydroxylation is 2. The van der Waals surface area contributed by atoms with E-state index in [2.05, 4.69) is 20.3 Å². The lowest BCUT2D eigenvalue weighted by molar-refractivity contribution is 0.0673. The molecule has 3 rings (SSSR count). The summed E-state index contributed by atoms with van der Waals surface area (Å²) in [5, 5.41) is 4.02. The zero-order valence-corrected chi connectivity index (χ0v) is 12.3. The van der Waals surface area contributed by atoms with Crippen molar-refractivity contribution in [3.05, 3.63) is 35.0 Å². The van der Waals surface area contributed by atoms with Crippen LogP contribution in [-0.2, 0) is 6.54 Å². The van der Waals surface area contributed by atoms with E-state index in [1.165, 1.54) is 23.6 Å². The Hall–Kier alpha value is -2.09. The fourth-order valence-corrected chi connectivity index (χ4v) is 3.13.